The molecule has 0 aliphatic carbocycles. The van der Waals surface area contributed by atoms with Gasteiger partial charge in [0, 0.05) is 11.0 Å². The summed E-state index contributed by atoms with van der Waals surface area (Å²) in [6, 6.07) is 24.5. The summed E-state index contributed by atoms with van der Waals surface area (Å²) in [5.41, 5.74) is 5.76. The van der Waals surface area contributed by atoms with Crippen molar-refractivity contribution < 1.29 is 0 Å². The summed E-state index contributed by atoms with van der Waals surface area (Å²) < 4.78 is 3.19. The van der Waals surface area contributed by atoms with E-state index in [2.05, 4.69) is 55.8 Å². The van der Waals surface area contributed by atoms with Crippen LogP contribution < -0.4 is 0 Å². The SMILES string of the molecule is Brc1ccc2ncc(-c3nc4ccccc4n3Cc3ccccc3)nc2c1.I. The molecule has 5 aromatic rings. The predicted octanol–water partition coefficient (Wildman–Crippen LogP) is 6.08. The van der Waals surface area contributed by atoms with Gasteiger partial charge in [0.15, 0.2) is 5.82 Å². The summed E-state index contributed by atoms with van der Waals surface area (Å²) in [6.45, 7) is 0.731. The lowest BCUT2D eigenvalue weighted by Crippen LogP contribution is -2.03. The second-order valence-electron chi connectivity index (χ2n) is 6.38. The number of aromatic nitrogens is 4. The van der Waals surface area contributed by atoms with Crippen molar-refractivity contribution in [3.05, 3.63) is 89.0 Å². The third-order valence-corrected chi connectivity index (χ3v) is 5.06. The molecule has 0 fully saturated rings. The molecule has 0 atom stereocenters. The lowest BCUT2D eigenvalue weighted by Gasteiger charge is -2.09. The van der Waals surface area contributed by atoms with Crippen LogP contribution in [-0.2, 0) is 6.54 Å². The first-order valence-electron chi connectivity index (χ1n) is 8.70. The fourth-order valence-electron chi connectivity index (χ4n) is 3.29. The Morgan fingerprint density at radius 3 is 2.43 bits per heavy atom. The number of hydrogen-bond donors (Lipinski definition) is 0. The second kappa shape index (κ2) is 7.97. The average Bonchev–Trinajstić information content (AvgIpc) is 3.07. The van der Waals surface area contributed by atoms with Crippen LogP contribution in [0.3, 0.4) is 0 Å². The number of fused-ring (bicyclic) bond motifs is 2. The molecule has 0 unspecified atom stereocenters. The highest BCUT2D eigenvalue weighted by Crippen LogP contribution is 2.26. The third-order valence-electron chi connectivity index (χ3n) is 4.57. The zero-order valence-electron chi connectivity index (χ0n) is 14.8. The second-order valence-corrected chi connectivity index (χ2v) is 7.30. The maximum absolute atomic E-state index is 4.86. The van der Waals surface area contributed by atoms with Gasteiger partial charge >= 0.3 is 0 Å². The van der Waals surface area contributed by atoms with Crippen molar-refractivity contribution in [2.45, 2.75) is 6.54 Å². The molecule has 2 aromatic heterocycles. The molecule has 0 aliphatic heterocycles. The van der Waals surface area contributed by atoms with Crippen LogP contribution in [0.1, 0.15) is 5.56 Å². The molecule has 0 spiro atoms. The van der Waals surface area contributed by atoms with Gasteiger partial charge in [0.2, 0.25) is 0 Å². The smallest absolute Gasteiger partial charge is 0.161 e. The Morgan fingerprint density at radius 1 is 0.786 bits per heavy atom. The van der Waals surface area contributed by atoms with Gasteiger partial charge in [-0.05, 0) is 35.9 Å². The van der Waals surface area contributed by atoms with Crippen molar-refractivity contribution >= 4 is 62.0 Å². The lowest BCUT2D eigenvalue weighted by molar-refractivity contribution is 0.830. The Hall–Kier alpha value is -2.32. The average molecular weight is 543 g/mol. The molecule has 5 rings (SSSR count). The number of rotatable bonds is 3. The standard InChI is InChI=1S/C22H15BrN4.HI/c23-16-10-11-17-19(12-16)25-20(13-24-17)22-26-18-8-4-5-9-21(18)27(22)14-15-6-2-1-3-7-15;/h1-13H,14H2;1H. The van der Waals surface area contributed by atoms with Gasteiger partial charge in [-0.25, -0.2) is 9.97 Å². The van der Waals surface area contributed by atoms with Crippen LogP contribution >= 0.6 is 39.9 Å². The van der Waals surface area contributed by atoms with Crippen LogP contribution in [0.15, 0.2) is 83.5 Å². The molecule has 2 heterocycles. The maximum atomic E-state index is 4.86. The van der Waals surface area contributed by atoms with E-state index in [4.69, 9.17) is 9.97 Å². The molecule has 0 saturated heterocycles. The monoisotopic (exact) mass is 542 g/mol. The zero-order valence-corrected chi connectivity index (χ0v) is 18.7. The highest BCUT2D eigenvalue weighted by atomic mass is 127. The van der Waals surface area contributed by atoms with Gasteiger partial charge in [0.1, 0.15) is 5.69 Å². The normalized spacial score (nSPS) is 10.9. The Morgan fingerprint density at radius 2 is 1.57 bits per heavy atom. The number of nitrogens with zero attached hydrogens (tertiary/aromatic N) is 4. The molecule has 28 heavy (non-hydrogen) atoms. The third kappa shape index (κ3) is 3.54. The molecule has 0 amide bonds. The van der Waals surface area contributed by atoms with E-state index in [0.717, 1.165) is 44.6 Å². The summed E-state index contributed by atoms with van der Waals surface area (Å²) in [5.74, 6) is 0.828. The summed E-state index contributed by atoms with van der Waals surface area (Å²) in [4.78, 5) is 14.3. The first-order valence-corrected chi connectivity index (χ1v) is 9.49. The number of para-hydroxylation sites is 2. The molecule has 0 N–H and O–H groups in total. The molecule has 4 nitrogen and oxygen atoms in total. The molecular weight excluding hydrogens is 527 g/mol. The molecule has 0 bridgehead atoms. The van der Waals surface area contributed by atoms with Crippen molar-refractivity contribution in [1.82, 2.24) is 19.5 Å². The summed E-state index contributed by atoms with van der Waals surface area (Å²) in [5, 5.41) is 0. The van der Waals surface area contributed by atoms with Gasteiger partial charge in [-0.3, -0.25) is 4.98 Å². The van der Waals surface area contributed by atoms with Crippen LogP contribution in [0.4, 0.5) is 0 Å². The fourth-order valence-corrected chi connectivity index (χ4v) is 3.64. The van der Waals surface area contributed by atoms with Gasteiger partial charge in [0.25, 0.3) is 0 Å². The van der Waals surface area contributed by atoms with Crippen LogP contribution in [0.5, 0.6) is 0 Å². The largest absolute Gasteiger partial charge is 0.318 e. The fraction of sp³-hybridized carbons (Fsp3) is 0.0455. The van der Waals surface area contributed by atoms with Crippen LogP contribution in [0, 0.1) is 0 Å². The number of hydrogen-bond acceptors (Lipinski definition) is 3. The molecule has 6 heteroatoms. The minimum Gasteiger partial charge on any atom is -0.318 e. The molecule has 138 valence electrons. The van der Waals surface area contributed by atoms with Gasteiger partial charge in [-0.1, -0.05) is 58.4 Å². The van der Waals surface area contributed by atoms with E-state index in [1.165, 1.54) is 5.56 Å². The van der Waals surface area contributed by atoms with E-state index < -0.39 is 0 Å². The summed E-state index contributed by atoms with van der Waals surface area (Å²) in [6.07, 6.45) is 1.80. The molecular formula is C22H16BrIN4. The predicted molar refractivity (Wildman–Crippen MR) is 127 cm³/mol. The van der Waals surface area contributed by atoms with Crippen LogP contribution in [0.2, 0.25) is 0 Å². The first kappa shape index (κ1) is 19.0. The molecule has 3 aromatic carbocycles. The highest BCUT2D eigenvalue weighted by molar-refractivity contribution is 14.0. The molecule has 0 saturated carbocycles. The van der Waals surface area contributed by atoms with Crippen molar-refractivity contribution in [2.75, 3.05) is 0 Å². The van der Waals surface area contributed by atoms with E-state index in [1.54, 1.807) is 6.20 Å². The number of halogens is 2. The summed E-state index contributed by atoms with van der Waals surface area (Å²) >= 11 is 3.51. The van der Waals surface area contributed by atoms with E-state index in [9.17, 15) is 0 Å². The van der Waals surface area contributed by atoms with Crippen molar-refractivity contribution in [2.24, 2.45) is 0 Å². The van der Waals surface area contributed by atoms with Gasteiger partial charge in [0.05, 0.1) is 28.3 Å². The van der Waals surface area contributed by atoms with E-state index in [-0.39, 0.29) is 24.0 Å². The van der Waals surface area contributed by atoms with Crippen LogP contribution in [0.25, 0.3) is 33.6 Å². The minimum absolute atomic E-state index is 0. The molecule has 0 radical (unpaired) electrons. The summed E-state index contributed by atoms with van der Waals surface area (Å²) in [7, 11) is 0. The lowest BCUT2D eigenvalue weighted by atomic mass is 10.2. The van der Waals surface area contributed by atoms with Gasteiger partial charge < -0.3 is 4.57 Å². The zero-order chi connectivity index (χ0) is 18.2. The number of imidazole rings is 1. The highest BCUT2D eigenvalue weighted by Gasteiger charge is 2.15. The number of benzene rings is 3. The van der Waals surface area contributed by atoms with Gasteiger partial charge in [-0.2, -0.15) is 0 Å². The van der Waals surface area contributed by atoms with Gasteiger partial charge in [-0.15, -0.1) is 24.0 Å². The van der Waals surface area contributed by atoms with Crippen molar-refractivity contribution in [3.8, 4) is 11.5 Å². The quantitative estimate of drug-likeness (QED) is 0.260. The molecule has 0 aliphatic rings. The van der Waals surface area contributed by atoms with Crippen molar-refractivity contribution in [3.63, 3.8) is 0 Å². The minimum atomic E-state index is 0. The first-order chi connectivity index (χ1) is 13.3. The van der Waals surface area contributed by atoms with E-state index >= 15 is 0 Å². The van der Waals surface area contributed by atoms with E-state index in [0.29, 0.717) is 0 Å². The van der Waals surface area contributed by atoms with E-state index in [1.807, 2.05) is 42.5 Å². The Kier molecular flexibility index (Phi) is 5.41. The van der Waals surface area contributed by atoms with Crippen LogP contribution in [-0.4, -0.2) is 19.5 Å². The maximum Gasteiger partial charge on any atom is 0.161 e. The topological polar surface area (TPSA) is 43.6 Å². The Labute approximate surface area is 187 Å². The Bertz CT molecular complexity index is 1270. The van der Waals surface area contributed by atoms with Crippen molar-refractivity contribution in [1.29, 1.82) is 0 Å². The Balaban J connectivity index is 0.00000192.